The molecule has 1 atom stereocenters. The normalized spacial score (nSPS) is 19.8. The Morgan fingerprint density at radius 1 is 1.54 bits per heavy atom. The van der Waals surface area contributed by atoms with Crippen LogP contribution in [-0.4, -0.2) is 25.6 Å². The lowest BCUT2D eigenvalue weighted by molar-refractivity contribution is -0.0439. The maximum absolute atomic E-state index is 9.41. The molecule has 13 heavy (non-hydrogen) atoms. The molecule has 0 saturated carbocycles. The number of aliphatic hydroxyl groups excluding tert-OH is 1. The molecule has 0 aliphatic heterocycles. The van der Waals surface area contributed by atoms with Crippen LogP contribution in [0.15, 0.2) is 23.1 Å². The summed E-state index contributed by atoms with van der Waals surface area (Å²) in [7, 11) is 3.00. The predicted molar refractivity (Wildman–Crippen MR) is 48.6 cm³/mol. The van der Waals surface area contributed by atoms with E-state index >= 15 is 0 Å². The minimum absolute atomic E-state index is 0.489. The van der Waals surface area contributed by atoms with Crippen molar-refractivity contribution in [3.8, 4) is 0 Å². The van der Waals surface area contributed by atoms with Crippen LogP contribution < -0.4 is 5.73 Å². The third-order valence-corrected chi connectivity index (χ3v) is 2.08. The fraction of sp³-hybridized carbons (Fsp3) is 0.556. The zero-order chi connectivity index (χ0) is 9.84. The van der Waals surface area contributed by atoms with Gasteiger partial charge in [-0.15, -0.1) is 0 Å². The molecule has 0 fully saturated rings. The average Bonchev–Trinajstić information content (AvgIpc) is 2.17. The lowest BCUT2D eigenvalue weighted by atomic mass is 10.0. The SMILES string of the molecule is COC1=C(N)C(C(O)OC)=CCC1. The molecule has 0 amide bonds. The summed E-state index contributed by atoms with van der Waals surface area (Å²) in [6, 6.07) is 0. The zero-order valence-electron chi connectivity index (χ0n) is 7.91. The maximum Gasteiger partial charge on any atom is 0.182 e. The smallest absolute Gasteiger partial charge is 0.182 e. The maximum atomic E-state index is 9.41. The first-order valence-corrected chi connectivity index (χ1v) is 4.14. The fourth-order valence-corrected chi connectivity index (χ4v) is 1.34. The van der Waals surface area contributed by atoms with Crippen LogP contribution in [0, 0.1) is 0 Å². The number of rotatable bonds is 3. The molecule has 0 saturated heterocycles. The number of aliphatic hydroxyl groups is 1. The third kappa shape index (κ3) is 2.02. The molecule has 0 radical (unpaired) electrons. The van der Waals surface area contributed by atoms with Crippen LogP contribution in [0.4, 0.5) is 0 Å². The van der Waals surface area contributed by atoms with Crippen LogP contribution in [-0.2, 0) is 9.47 Å². The van der Waals surface area contributed by atoms with E-state index < -0.39 is 6.29 Å². The van der Waals surface area contributed by atoms with Gasteiger partial charge in [0.15, 0.2) is 6.29 Å². The highest BCUT2D eigenvalue weighted by Crippen LogP contribution is 2.24. The van der Waals surface area contributed by atoms with E-state index in [1.165, 1.54) is 7.11 Å². The summed E-state index contributed by atoms with van der Waals surface area (Å²) in [5, 5.41) is 9.41. The highest BCUT2D eigenvalue weighted by atomic mass is 16.6. The summed E-state index contributed by atoms with van der Waals surface area (Å²) in [6.07, 6.45) is 2.51. The molecule has 0 aromatic carbocycles. The summed E-state index contributed by atoms with van der Waals surface area (Å²) < 4.78 is 9.85. The first-order chi connectivity index (χ1) is 6.20. The largest absolute Gasteiger partial charge is 0.499 e. The van der Waals surface area contributed by atoms with Crippen molar-refractivity contribution in [1.29, 1.82) is 0 Å². The van der Waals surface area contributed by atoms with Crippen LogP contribution >= 0.6 is 0 Å². The number of methoxy groups -OCH3 is 2. The van der Waals surface area contributed by atoms with Crippen LogP contribution in [0.5, 0.6) is 0 Å². The van der Waals surface area contributed by atoms with Gasteiger partial charge in [-0.05, 0) is 6.42 Å². The highest BCUT2D eigenvalue weighted by Gasteiger charge is 2.19. The van der Waals surface area contributed by atoms with Gasteiger partial charge in [-0.3, -0.25) is 0 Å². The van der Waals surface area contributed by atoms with Gasteiger partial charge in [0.25, 0.3) is 0 Å². The van der Waals surface area contributed by atoms with Gasteiger partial charge < -0.3 is 20.3 Å². The highest BCUT2D eigenvalue weighted by molar-refractivity contribution is 5.35. The lowest BCUT2D eigenvalue weighted by Gasteiger charge is -2.20. The molecule has 1 aliphatic carbocycles. The molecule has 1 rings (SSSR count). The second-order valence-corrected chi connectivity index (χ2v) is 2.83. The molecule has 3 N–H and O–H groups in total. The molecule has 4 nitrogen and oxygen atoms in total. The summed E-state index contributed by atoms with van der Waals surface area (Å²) in [6.45, 7) is 0. The number of nitrogens with two attached hydrogens (primary N) is 1. The molecule has 0 bridgehead atoms. The summed E-state index contributed by atoms with van der Waals surface area (Å²) in [4.78, 5) is 0. The molecule has 0 spiro atoms. The molecule has 1 unspecified atom stereocenters. The topological polar surface area (TPSA) is 64.7 Å². The average molecular weight is 185 g/mol. The molecule has 0 aromatic rings. The van der Waals surface area contributed by atoms with Gasteiger partial charge in [0.05, 0.1) is 12.8 Å². The van der Waals surface area contributed by atoms with Gasteiger partial charge in [-0.25, -0.2) is 0 Å². The molecular formula is C9H15NO3. The Hall–Kier alpha value is -1.00. The van der Waals surface area contributed by atoms with Gasteiger partial charge >= 0.3 is 0 Å². The van der Waals surface area contributed by atoms with E-state index in [2.05, 4.69) is 0 Å². The van der Waals surface area contributed by atoms with Crippen LogP contribution in [0.25, 0.3) is 0 Å². The molecule has 0 aromatic heterocycles. The van der Waals surface area contributed by atoms with E-state index in [-0.39, 0.29) is 0 Å². The van der Waals surface area contributed by atoms with Crippen LogP contribution in [0.2, 0.25) is 0 Å². The molecule has 1 aliphatic rings. The minimum atomic E-state index is -0.953. The first kappa shape index (κ1) is 10.1. The fourth-order valence-electron chi connectivity index (χ4n) is 1.34. The summed E-state index contributed by atoms with van der Waals surface area (Å²) in [5.41, 5.74) is 6.85. The van der Waals surface area contributed by atoms with Crippen molar-refractivity contribution in [3.05, 3.63) is 23.1 Å². The van der Waals surface area contributed by atoms with Gasteiger partial charge in [0.1, 0.15) is 5.76 Å². The Kier molecular flexibility index (Phi) is 3.33. The van der Waals surface area contributed by atoms with Crippen LogP contribution in [0.1, 0.15) is 12.8 Å². The number of ether oxygens (including phenoxy) is 2. The van der Waals surface area contributed by atoms with Gasteiger partial charge in [0.2, 0.25) is 0 Å². The Morgan fingerprint density at radius 3 is 2.77 bits per heavy atom. The second-order valence-electron chi connectivity index (χ2n) is 2.83. The standard InChI is InChI=1S/C9H15NO3/c1-12-7-5-3-4-6(8(7)10)9(11)13-2/h4,9,11H,3,5,10H2,1-2H3. The lowest BCUT2D eigenvalue weighted by Crippen LogP contribution is -2.22. The van der Waals surface area contributed by atoms with Crippen molar-refractivity contribution >= 4 is 0 Å². The van der Waals surface area contributed by atoms with Crippen LogP contribution in [0.3, 0.4) is 0 Å². The van der Waals surface area contributed by atoms with Crippen molar-refractivity contribution < 1.29 is 14.6 Å². The second kappa shape index (κ2) is 4.30. The van der Waals surface area contributed by atoms with Crippen molar-refractivity contribution in [2.75, 3.05) is 14.2 Å². The van der Waals surface area contributed by atoms with Crippen molar-refractivity contribution in [1.82, 2.24) is 0 Å². The van der Waals surface area contributed by atoms with Crippen molar-refractivity contribution in [2.24, 2.45) is 5.73 Å². The van der Waals surface area contributed by atoms with E-state index in [9.17, 15) is 5.11 Å². The van der Waals surface area contributed by atoms with Crippen molar-refractivity contribution in [2.45, 2.75) is 19.1 Å². The molecule has 74 valence electrons. The van der Waals surface area contributed by atoms with E-state index in [1.807, 2.05) is 6.08 Å². The van der Waals surface area contributed by atoms with Gasteiger partial charge in [0, 0.05) is 19.1 Å². The Labute approximate surface area is 77.6 Å². The van der Waals surface area contributed by atoms with Gasteiger partial charge in [-0.2, -0.15) is 0 Å². The van der Waals surface area contributed by atoms with E-state index in [0.29, 0.717) is 17.0 Å². The summed E-state index contributed by atoms with van der Waals surface area (Å²) in [5.74, 6) is 0.716. The van der Waals surface area contributed by atoms with E-state index in [0.717, 1.165) is 12.8 Å². The molecular weight excluding hydrogens is 170 g/mol. The van der Waals surface area contributed by atoms with Crippen molar-refractivity contribution in [3.63, 3.8) is 0 Å². The Morgan fingerprint density at radius 2 is 2.23 bits per heavy atom. The zero-order valence-corrected chi connectivity index (χ0v) is 7.91. The number of allylic oxidation sites excluding steroid dienone is 2. The van der Waals surface area contributed by atoms with E-state index in [4.69, 9.17) is 15.2 Å². The number of hydrogen-bond donors (Lipinski definition) is 2. The monoisotopic (exact) mass is 185 g/mol. The Balaban J connectivity index is 2.86. The quantitative estimate of drug-likeness (QED) is 0.628. The molecule has 0 heterocycles. The van der Waals surface area contributed by atoms with E-state index in [1.54, 1.807) is 7.11 Å². The minimum Gasteiger partial charge on any atom is -0.499 e. The number of hydrogen-bond acceptors (Lipinski definition) is 4. The first-order valence-electron chi connectivity index (χ1n) is 4.14. The van der Waals surface area contributed by atoms with Gasteiger partial charge in [-0.1, -0.05) is 6.08 Å². The molecule has 4 heteroatoms. The summed E-state index contributed by atoms with van der Waals surface area (Å²) >= 11 is 0. The predicted octanol–water partition coefficient (Wildman–Crippen LogP) is 0.488. The Bertz CT molecular complexity index is 245. The third-order valence-electron chi connectivity index (χ3n) is 2.08.